The van der Waals surface area contributed by atoms with Crippen LogP contribution in [0.2, 0.25) is 0 Å². The van der Waals surface area contributed by atoms with Gasteiger partial charge in [-0.05, 0) is 42.9 Å². The summed E-state index contributed by atoms with van der Waals surface area (Å²) in [6.45, 7) is 2.30. The number of hydrogen-bond donors (Lipinski definition) is 2. The fourth-order valence-corrected chi connectivity index (χ4v) is 3.42. The quantitative estimate of drug-likeness (QED) is 0.803. The zero-order valence-electron chi connectivity index (χ0n) is 11.8. The number of aliphatic hydroxyl groups is 1. The molecular weight excluding hydrogens is 278 g/mol. The first kappa shape index (κ1) is 15.3. The fraction of sp³-hybridized carbons (Fsp3) is 0.571. The number of ether oxygens (including phenoxy) is 1. The average molecular weight is 299 g/mol. The molecule has 20 heavy (non-hydrogen) atoms. The predicted molar refractivity (Wildman–Crippen MR) is 76.1 cm³/mol. The van der Waals surface area contributed by atoms with E-state index in [1.54, 1.807) is 6.07 Å². The van der Waals surface area contributed by atoms with Gasteiger partial charge in [0, 0.05) is 12.1 Å². The van der Waals surface area contributed by atoms with Crippen molar-refractivity contribution in [3.63, 3.8) is 0 Å². The summed E-state index contributed by atoms with van der Waals surface area (Å²) in [7, 11) is -2.05. The zero-order chi connectivity index (χ0) is 14.8. The summed E-state index contributed by atoms with van der Waals surface area (Å²) in [5, 5.41) is 9.25. The Balaban J connectivity index is 2.16. The van der Waals surface area contributed by atoms with Crippen molar-refractivity contribution < 1.29 is 18.3 Å². The van der Waals surface area contributed by atoms with Crippen LogP contribution < -0.4 is 9.46 Å². The third kappa shape index (κ3) is 3.13. The van der Waals surface area contributed by atoms with Crippen molar-refractivity contribution in [3.05, 3.63) is 23.8 Å². The number of nitrogens with one attached hydrogen (secondary N) is 1. The lowest BCUT2D eigenvalue weighted by molar-refractivity contribution is 0.273. The Morgan fingerprint density at radius 3 is 2.60 bits per heavy atom. The molecule has 0 unspecified atom stereocenters. The highest BCUT2D eigenvalue weighted by Gasteiger charge is 2.41. The van der Waals surface area contributed by atoms with E-state index < -0.39 is 10.0 Å². The van der Waals surface area contributed by atoms with Crippen LogP contribution >= 0.6 is 0 Å². The highest BCUT2D eigenvalue weighted by Crippen LogP contribution is 2.48. The second-order valence-electron chi connectivity index (χ2n) is 5.31. The molecule has 0 saturated heterocycles. The third-order valence-corrected chi connectivity index (χ3v) is 5.48. The molecule has 1 fully saturated rings. The monoisotopic (exact) mass is 299 g/mol. The minimum atomic E-state index is -3.54. The minimum Gasteiger partial charge on any atom is -0.496 e. The molecule has 0 aliphatic heterocycles. The van der Waals surface area contributed by atoms with Gasteiger partial charge in [0.25, 0.3) is 0 Å². The normalized spacial score (nSPS) is 16.9. The van der Waals surface area contributed by atoms with Crippen LogP contribution in [-0.2, 0) is 16.6 Å². The molecule has 6 heteroatoms. The lowest BCUT2D eigenvalue weighted by Crippen LogP contribution is -2.30. The third-order valence-electron chi connectivity index (χ3n) is 4.08. The molecule has 0 amide bonds. The minimum absolute atomic E-state index is 0.152. The largest absolute Gasteiger partial charge is 0.496 e. The Bertz CT molecular complexity index is 579. The molecule has 1 aliphatic rings. The van der Waals surface area contributed by atoms with E-state index in [2.05, 4.69) is 11.6 Å². The lowest BCUT2D eigenvalue weighted by Gasteiger charge is -2.14. The van der Waals surface area contributed by atoms with Gasteiger partial charge in [0.1, 0.15) is 5.75 Å². The van der Waals surface area contributed by atoms with Gasteiger partial charge in [-0.1, -0.05) is 6.92 Å². The number of methoxy groups -OCH3 is 1. The molecule has 112 valence electrons. The summed E-state index contributed by atoms with van der Waals surface area (Å²) < 4.78 is 32.3. The van der Waals surface area contributed by atoms with Crippen LogP contribution in [0.25, 0.3) is 0 Å². The van der Waals surface area contributed by atoms with Gasteiger partial charge in [-0.3, -0.25) is 0 Å². The van der Waals surface area contributed by atoms with Crippen LogP contribution in [0.1, 0.15) is 31.7 Å². The highest BCUT2D eigenvalue weighted by molar-refractivity contribution is 7.89. The Labute approximate surface area is 120 Å². The first-order valence-corrected chi connectivity index (χ1v) is 8.22. The Kier molecular flexibility index (Phi) is 4.36. The van der Waals surface area contributed by atoms with Crippen molar-refractivity contribution in [1.29, 1.82) is 0 Å². The lowest BCUT2D eigenvalue weighted by atomic mass is 10.1. The molecule has 1 aliphatic carbocycles. The fourth-order valence-electron chi connectivity index (χ4n) is 2.21. The van der Waals surface area contributed by atoms with Crippen LogP contribution in [0, 0.1) is 5.41 Å². The van der Waals surface area contributed by atoms with Crippen molar-refractivity contribution in [2.75, 3.05) is 13.7 Å². The molecule has 0 bridgehead atoms. The van der Waals surface area contributed by atoms with E-state index in [-0.39, 0.29) is 16.9 Å². The Hall–Kier alpha value is -1.11. The smallest absolute Gasteiger partial charge is 0.240 e. The van der Waals surface area contributed by atoms with Gasteiger partial charge >= 0.3 is 0 Å². The van der Waals surface area contributed by atoms with Crippen LogP contribution in [0.4, 0.5) is 0 Å². The number of sulfonamides is 1. The summed E-state index contributed by atoms with van der Waals surface area (Å²) in [6, 6.07) is 4.51. The van der Waals surface area contributed by atoms with Crippen molar-refractivity contribution in [1.82, 2.24) is 4.72 Å². The second kappa shape index (κ2) is 5.71. The molecule has 0 atom stereocenters. The number of aliphatic hydroxyl groups excluding tert-OH is 1. The van der Waals surface area contributed by atoms with Gasteiger partial charge in [0.2, 0.25) is 10.0 Å². The molecule has 2 N–H and O–H groups in total. The van der Waals surface area contributed by atoms with Crippen LogP contribution in [0.15, 0.2) is 23.1 Å². The number of rotatable bonds is 7. The molecule has 0 spiro atoms. The van der Waals surface area contributed by atoms with Crippen molar-refractivity contribution >= 4 is 10.0 Å². The van der Waals surface area contributed by atoms with Gasteiger partial charge in [0.05, 0.1) is 18.6 Å². The topological polar surface area (TPSA) is 75.6 Å². The summed E-state index contributed by atoms with van der Waals surface area (Å²) in [4.78, 5) is 0.161. The number of hydrogen-bond acceptors (Lipinski definition) is 4. The SMILES string of the molecule is CCC1(CNS(=O)(=O)c2ccc(OC)c(CO)c2)CC1. The number of benzene rings is 1. The summed E-state index contributed by atoms with van der Waals surface area (Å²) in [5.41, 5.74) is 0.617. The maximum atomic E-state index is 12.3. The molecule has 2 rings (SSSR count). The Morgan fingerprint density at radius 1 is 1.40 bits per heavy atom. The van der Waals surface area contributed by atoms with Gasteiger partial charge < -0.3 is 9.84 Å². The van der Waals surface area contributed by atoms with E-state index in [1.807, 2.05) is 0 Å². The van der Waals surface area contributed by atoms with Gasteiger partial charge in [-0.25, -0.2) is 13.1 Å². The van der Waals surface area contributed by atoms with Crippen LogP contribution in [-0.4, -0.2) is 27.2 Å². The first-order valence-electron chi connectivity index (χ1n) is 6.74. The molecule has 0 radical (unpaired) electrons. The summed E-state index contributed by atoms with van der Waals surface area (Å²) in [6.07, 6.45) is 3.15. The van der Waals surface area contributed by atoms with Gasteiger partial charge in [-0.15, -0.1) is 0 Å². The van der Waals surface area contributed by atoms with E-state index in [0.717, 1.165) is 19.3 Å². The zero-order valence-corrected chi connectivity index (χ0v) is 12.7. The van der Waals surface area contributed by atoms with E-state index >= 15 is 0 Å². The maximum absolute atomic E-state index is 12.3. The molecule has 0 heterocycles. The molecular formula is C14H21NO4S. The maximum Gasteiger partial charge on any atom is 0.240 e. The van der Waals surface area contributed by atoms with Gasteiger partial charge in [0.15, 0.2) is 0 Å². The van der Waals surface area contributed by atoms with Crippen molar-refractivity contribution in [3.8, 4) is 5.75 Å². The van der Waals surface area contributed by atoms with Crippen LogP contribution in [0.3, 0.4) is 0 Å². The van der Waals surface area contributed by atoms with E-state index in [0.29, 0.717) is 17.9 Å². The molecule has 1 aromatic rings. The summed E-state index contributed by atoms with van der Waals surface area (Å²) >= 11 is 0. The van der Waals surface area contributed by atoms with Crippen molar-refractivity contribution in [2.45, 2.75) is 37.7 Å². The van der Waals surface area contributed by atoms with Crippen molar-refractivity contribution in [2.24, 2.45) is 5.41 Å². The Morgan fingerprint density at radius 2 is 2.10 bits per heavy atom. The second-order valence-corrected chi connectivity index (χ2v) is 7.08. The molecule has 5 nitrogen and oxygen atoms in total. The molecule has 1 aromatic carbocycles. The van der Waals surface area contributed by atoms with Crippen LogP contribution in [0.5, 0.6) is 5.75 Å². The van der Waals surface area contributed by atoms with E-state index in [4.69, 9.17) is 4.74 Å². The van der Waals surface area contributed by atoms with E-state index in [1.165, 1.54) is 19.2 Å². The summed E-state index contributed by atoms with van der Waals surface area (Å²) in [5.74, 6) is 0.485. The molecule has 0 aromatic heterocycles. The van der Waals surface area contributed by atoms with E-state index in [9.17, 15) is 13.5 Å². The average Bonchev–Trinajstić information content (AvgIpc) is 3.25. The van der Waals surface area contributed by atoms with Gasteiger partial charge in [-0.2, -0.15) is 0 Å². The highest BCUT2D eigenvalue weighted by atomic mass is 32.2. The standard InChI is InChI=1S/C14H21NO4S/c1-3-14(6-7-14)10-15-20(17,18)12-4-5-13(19-2)11(8-12)9-16/h4-5,8,15-16H,3,6-7,9-10H2,1-2H3. The molecule has 1 saturated carbocycles. The first-order chi connectivity index (χ1) is 9.46. The predicted octanol–water partition coefficient (Wildman–Crippen LogP) is 1.66.